The molecule has 0 amide bonds. The van der Waals surface area contributed by atoms with Gasteiger partial charge in [0, 0.05) is 5.69 Å². The van der Waals surface area contributed by atoms with E-state index in [1.54, 1.807) is 24.3 Å². The van der Waals surface area contributed by atoms with Crippen LogP contribution in [0.4, 0.5) is 0 Å². The molecule has 0 bridgehead atoms. The summed E-state index contributed by atoms with van der Waals surface area (Å²) in [5.41, 5.74) is 9.71. The molecule has 184 valence electrons. The van der Waals surface area contributed by atoms with Gasteiger partial charge in [0.15, 0.2) is 0 Å². The molecular formula is C27H26N4O4S. The molecule has 0 radical (unpaired) electrons. The Bertz CT molecular complexity index is 1340. The third-order valence-corrected chi connectivity index (χ3v) is 7.30. The average molecular weight is 503 g/mol. The van der Waals surface area contributed by atoms with Gasteiger partial charge in [-0.25, -0.2) is 9.78 Å². The van der Waals surface area contributed by atoms with E-state index in [9.17, 15) is 15.3 Å². The lowest BCUT2D eigenvalue weighted by Gasteiger charge is -2.28. The van der Waals surface area contributed by atoms with Gasteiger partial charge in [-0.3, -0.25) is 0 Å². The van der Waals surface area contributed by atoms with Gasteiger partial charge < -0.3 is 19.9 Å². The fraction of sp³-hybridized carbons (Fsp3) is 0.333. The Kier molecular flexibility index (Phi) is 7.82. The first kappa shape index (κ1) is 25.2. The van der Waals surface area contributed by atoms with E-state index in [2.05, 4.69) is 12.1 Å². The van der Waals surface area contributed by atoms with Crippen molar-refractivity contribution in [2.24, 2.45) is 5.73 Å². The van der Waals surface area contributed by atoms with Crippen LogP contribution in [0, 0.1) is 22.7 Å². The normalized spacial score (nSPS) is 17.3. The summed E-state index contributed by atoms with van der Waals surface area (Å²) in [6.07, 6.45) is 5.09. The molecule has 0 saturated carbocycles. The lowest BCUT2D eigenvalue weighted by atomic mass is 9.83. The lowest BCUT2D eigenvalue weighted by molar-refractivity contribution is -0.136. The quantitative estimate of drug-likeness (QED) is 0.350. The van der Waals surface area contributed by atoms with Gasteiger partial charge in [0.2, 0.25) is 5.88 Å². The first-order chi connectivity index (χ1) is 17.5. The first-order valence-electron chi connectivity index (χ1n) is 11.6. The number of esters is 1. The second-order valence-corrected chi connectivity index (χ2v) is 9.40. The number of thioether (sulfide) groups is 1. The molecule has 2 heterocycles. The Balaban J connectivity index is 1.75. The molecule has 0 saturated heterocycles. The number of nitrogens with two attached hydrogens (primary N) is 1. The minimum atomic E-state index is -0.794. The van der Waals surface area contributed by atoms with Gasteiger partial charge in [0.1, 0.15) is 34.2 Å². The van der Waals surface area contributed by atoms with Crippen LogP contribution >= 0.6 is 11.8 Å². The Morgan fingerprint density at radius 1 is 1.19 bits per heavy atom. The van der Waals surface area contributed by atoms with Crippen molar-refractivity contribution in [1.82, 2.24) is 4.98 Å². The smallest absolute Gasteiger partial charge is 0.338 e. The summed E-state index contributed by atoms with van der Waals surface area (Å²) in [7, 11) is 2.82. The van der Waals surface area contributed by atoms with Gasteiger partial charge in [0.25, 0.3) is 0 Å². The fourth-order valence-electron chi connectivity index (χ4n) is 4.53. The monoisotopic (exact) mass is 502 g/mol. The van der Waals surface area contributed by atoms with E-state index < -0.39 is 11.9 Å². The number of fused-ring (bicyclic) bond motifs is 1. The van der Waals surface area contributed by atoms with Crippen LogP contribution in [-0.4, -0.2) is 30.9 Å². The van der Waals surface area contributed by atoms with Crippen LogP contribution in [0.3, 0.4) is 0 Å². The highest BCUT2D eigenvalue weighted by Gasteiger charge is 2.37. The predicted octanol–water partition coefficient (Wildman–Crippen LogP) is 4.26. The van der Waals surface area contributed by atoms with Gasteiger partial charge in [-0.2, -0.15) is 10.5 Å². The van der Waals surface area contributed by atoms with Crippen LogP contribution in [0.2, 0.25) is 0 Å². The van der Waals surface area contributed by atoms with Gasteiger partial charge in [-0.1, -0.05) is 30.3 Å². The number of aryl methyl sites for hydroxylation is 2. The zero-order valence-electron chi connectivity index (χ0n) is 20.2. The largest absolute Gasteiger partial charge is 0.497 e. The van der Waals surface area contributed by atoms with Crippen molar-refractivity contribution in [1.29, 1.82) is 10.5 Å². The molecule has 8 nitrogen and oxygen atoms in total. The summed E-state index contributed by atoms with van der Waals surface area (Å²) in [6, 6.07) is 13.3. The molecule has 2 aromatic rings. The number of carbonyl (C=O) groups is 1. The van der Waals surface area contributed by atoms with Gasteiger partial charge in [-0.15, -0.1) is 0 Å². The minimum absolute atomic E-state index is 0.0797. The van der Waals surface area contributed by atoms with Crippen molar-refractivity contribution in [3.05, 3.63) is 75.5 Å². The van der Waals surface area contributed by atoms with E-state index in [4.69, 9.17) is 24.9 Å². The summed E-state index contributed by atoms with van der Waals surface area (Å²) in [5, 5.41) is 20.2. The first-order valence-corrected chi connectivity index (χ1v) is 12.6. The second kappa shape index (κ2) is 11.2. The molecule has 2 N–H and O–H groups in total. The molecule has 1 aliphatic carbocycles. The SMILES string of the molecule is COC(=O)C1=C(CSc2nc3c(cc2C#N)CCCCC3)OC(N)=C(C#N)C1c1cccc(OC)c1. The number of nitriles is 2. The van der Waals surface area contributed by atoms with Crippen LogP contribution < -0.4 is 10.5 Å². The lowest BCUT2D eigenvalue weighted by Crippen LogP contribution is -2.26. The summed E-state index contributed by atoms with van der Waals surface area (Å²) < 4.78 is 16.2. The maximum absolute atomic E-state index is 13.0. The van der Waals surface area contributed by atoms with Gasteiger partial charge in [0.05, 0.1) is 37.0 Å². The van der Waals surface area contributed by atoms with E-state index in [-0.39, 0.29) is 28.5 Å². The molecular weight excluding hydrogens is 476 g/mol. The van der Waals surface area contributed by atoms with Crippen molar-refractivity contribution < 1.29 is 19.0 Å². The van der Waals surface area contributed by atoms with Crippen molar-refractivity contribution in [2.75, 3.05) is 20.0 Å². The number of allylic oxidation sites excluding steroid dienone is 1. The van der Waals surface area contributed by atoms with E-state index in [0.29, 0.717) is 21.9 Å². The molecule has 4 rings (SSSR count). The molecule has 0 fully saturated rings. The number of carbonyl (C=O) groups excluding carboxylic acids is 1. The van der Waals surface area contributed by atoms with Crippen molar-refractivity contribution in [3.8, 4) is 17.9 Å². The Labute approximate surface area is 214 Å². The predicted molar refractivity (Wildman–Crippen MR) is 134 cm³/mol. The second-order valence-electron chi connectivity index (χ2n) is 8.44. The Morgan fingerprint density at radius 2 is 2.00 bits per heavy atom. The number of aromatic nitrogens is 1. The zero-order chi connectivity index (χ0) is 25.7. The van der Waals surface area contributed by atoms with Crippen LogP contribution in [0.5, 0.6) is 5.75 Å². The Hall–Kier alpha value is -3.95. The average Bonchev–Trinajstić information content (AvgIpc) is 3.15. The molecule has 1 aromatic carbocycles. The highest BCUT2D eigenvalue weighted by Crippen LogP contribution is 2.42. The van der Waals surface area contributed by atoms with Gasteiger partial charge >= 0.3 is 5.97 Å². The number of pyridine rings is 1. The van der Waals surface area contributed by atoms with E-state index in [1.807, 2.05) is 6.07 Å². The molecule has 1 atom stereocenters. The van der Waals surface area contributed by atoms with E-state index >= 15 is 0 Å². The number of methoxy groups -OCH3 is 2. The molecule has 9 heteroatoms. The van der Waals surface area contributed by atoms with Gasteiger partial charge in [-0.05, 0) is 55.0 Å². The maximum Gasteiger partial charge on any atom is 0.338 e. The summed E-state index contributed by atoms with van der Waals surface area (Å²) in [4.78, 5) is 17.8. The number of hydrogen-bond acceptors (Lipinski definition) is 9. The van der Waals surface area contributed by atoms with Crippen molar-refractivity contribution in [3.63, 3.8) is 0 Å². The molecule has 2 aliphatic rings. The van der Waals surface area contributed by atoms with E-state index in [1.165, 1.54) is 26.0 Å². The Morgan fingerprint density at radius 3 is 2.72 bits per heavy atom. The van der Waals surface area contributed by atoms with Crippen LogP contribution in [0.15, 0.2) is 58.1 Å². The maximum atomic E-state index is 13.0. The molecule has 36 heavy (non-hydrogen) atoms. The molecule has 0 spiro atoms. The fourth-order valence-corrected chi connectivity index (χ4v) is 5.45. The highest BCUT2D eigenvalue weighted by molar-refractivity contribution is 7.99. The number of rotatable bonds is 6. The minimum Gasteiger partial charge on any atom is -0.497 e. The number of benzene rings is 1. The molecule has 1 unspecified atom stereocenters. The third-order valence-electron chi connectivity index (χ3n) is 6.31. The van der Waals surface area contributed by atoms with Crippen LogP contribution in [-0.2, 0) is 27.1 Å². The number of nitrogens with zero attached hydrogens (tertiary/aromatic N) is 3. The van der Waals surface area contributed by atoms with Crippen LogP contribution in [0.25, 0.3) is 0 Å². The van der Waals surface area contributed by atoms with E-state index in [0.717, 1.165) is 43.4 Å². The number of hydrogen-bond donors (Lipinski definition) is 1. The number of ether oxygens (including phenoxy) is 3. The third kappa shape index (κ3) is 5.02. The summed E-state index contributed by atoms with van der Waals surface area (Å²) >= 11 is 1.30. The highest BCUT2D eigenvalue weighted by atomic mass is 32.2. The summed E-state index contributed by atoms with van der Waals surface area (Å²) in [6.45, 7) is 0. The van der Waals surface area contributed by atoms with Crippen molar-refractivity contribution in [2.45, 2.75) is 43.0 Å². The zero-order valence-corrected chi connectivity index (χ0v) is 21.0. The standard InChI is InChI=1S/C27H26N4O4S/c1-33-19-9-6-8-17(12-19)23-20(14-29)25(30)35-22(24(23)27(32)34-2)15-36-26-18(13-28)11-16-7-4-3-5-10-21(16)31-26/h6,8-9,11-12,23H,3-5,7,10,15,30H2,1-2H3. The molecule has 1 aromatic heterocycles. The molecule has 1 aliphatic heterocycles. The summed E-state index contributed by atoms with van der Waals surface area (Å²) in [5.74, 6) is -0.500. The topological polar surface area (TPSA) is 131 Å². The van der Waals surface area contributed by atoms with Crippen LogP contribution in [0.1, 0.15) is 47.6 Å². The van der Waals surface area contributed by atoms with Crippen molar-refractivity contribution >= 4 is 17.7 Å².